The lowest BCUT2D eigenvalue weighted by Crippen LogP contribution is -2.40. The fraction of sp³-hybridized carbons (Fsp3) is 0.875. The Morgan fingerprint density at radius 2 is 2.00 bits per heavy atom. The standard InChI is InChI=1S/C8H15NO2/c1-7(2)8(5-9,11-4)6-10-3/h7H,6H2,1-4H3. The molecule has 0 fully saturated rings. The van der Waals surface area contributed by atoms with Crippen LogP contribution < -0.4 is 0 Å². The van der Waals surface area contributed by atoms with Gasteiger partial charge in [0.15, 0.2) is 5.60 Å². The maximum atomic E-state index is 8.82. The van der Waals surface area contributed by atoms with E-state index in [0.29, 0.717) is 6.61 Å². The molecule has 0 amide bonds. The summed E-state index contributed by atoms with van der Waals surface area (Å²) in [6.07, 6.45) is 0. The molecule has 0 saturated heterocycles. The second-order valence-corrected chi connectivity index (χ2v) is 2.79. The number of nitriles is 1. The lowest BCUT2D eigenvalue weighted by atomic mass is 9.93. The predicted octanol–water partition coefficient (Wildman–Crippen LogP) is 1.20. The highest BCUT2D eigenvalue weighted by Gasteiger charge is 2.33. The van der Waals surface area contributed by atoms with Gasteiger partial charge in [0.25, 0.3) is 0 Å². The summed E-state index contributed by atoms with van der Waals surface area (Å²) in [6, 6.07) is 2.12. The topological polar surface area (TPSA) is 42.2 Å². The van der Waals surface area contributed by atoms with Crippen molar-refractivity contribution in [3.05, 3.63) is 0 Å². The highest BCUT2D eigenvalue weighted by Crippen LogP contribution is 2.20. The number of hydrogen-bond donors (Lipinski definition) is 0. The maximum Gasteiger partial charge on any atom is 0.179 e. The predicted molar refractivity (Wildman–Crippen MR) is 42.1 cm³/mol. The van der Waals surface area contributed by atoms with Gasteiger partial charge in [-0.2, -0.15) is 5.26 Å². The molecular formula is C8H15NO2. The van der Waals surface area contributed by atoms with Gasteiger partial charge in [-0.3, -0.25) is 0 Å². The van der Waals surface area contributed by atoms with Crippen LogP contribution in [-0.4, -0.2) is 26.4 Å². The fourth-order valence-corrected chi connectivity index (χ4v) is 0.883. The van der Waals surface area contributed by atoms with E-state index in [0.717, 1.165) is 0 Å². The van der Waals surface area contributed by atoms with Gasteiger partial charge in [-0.05, 0) is 5.92 Å². The highest BCUT2D eigenvalue weighted by molar-refractivity contribution is 5.03. The Kier molecular flexibility index (Phi) is 4.09. The van der Waals surface area contributed by atoms with Crippen LogP contribution in [0.25, 0.3) is 0 Å². The third kappa shape index (κ3) is 2.18. The van der Waals surface area contributed by atoms with E-state index in [1.807, 2.05) is 13.8 Å². The van der Waals surface area contributed by atoms with Crippen molar-refractivity contribution in [3.8, 4) is 6.07 Å². The molecule has 1 atom stereocenters. The third-order valence-electron chi connectivity index (χ3n) is 1.84. The Morgan fingerprint density at radius 1 is 1.45 bits per heavy atom. The molecule has 0 radical (unpaired) electrons. The quantitative estimate of drug-likeness (QED) is 0.615. The van der Waals surface area contributed by atoms with Crippen LogP contribution in [0.1, 0.15) is 13.8 Å². The van der Waals surface area contributed by atoms with Gasteiger partial charge in [-0.1, -0.05) is 13.8 Å². The second-order valence-electron chi connectivity index (χ2n) is 2.79. The molecule has 0 bridgehead atoms. The number of ether oxygens (including phenoxy) is 2. The molecule has 0 aromatic heterocycles. The van der Waals surface area contributed by atoms with E-state index < -0.39 is 5.60 Å². The first-order chi connectivity index (χ1) is 5.13. The monoisotopic (exact) mass is 157 g/mol. The Morgan fingerprint density at radius 3 is 2.09 bits per heavy atom. The number of rotatable bonds is 4. The van der Waals surface area contributed by atoms with Crippen molar-refractivity contribution in [1.29, 1.82) is 5.26 Å². The smallest absolute Gasteiger partial charge is 0.179 e. The summed E-state index contributed by atoms with van der Waals surface area (Å²) >= 11 is 0. The highest BCUT2D eigenvalue weighted by atomic mass is 16.5. The molecule has 0 saturated carbocycles. The first kappa shape index (κ1) is 10.4. The van der Waals surface area contributed by atoms with Gasteiger partial charge in [-0.25, -0.2) is 0 Å². The van der Waals surface area contributed by atoms with Crippen LogP contribution in [0.5, 0.6) is 0 Å². The van der Waals surface area contributed by atoms with Crippen molar-refractivity contribution in [2.45, 2.75) is 19.4 Å². The molecule has 1 unspecified atom stereocenters. The van der Waals surface area contributed by atoms with Gasteiger partial charge < -0.3 is 9.47 Å². The first-order valence-corrected chi connectivity index (χ1v) is 3.58. The summed E-state index contributed by atoms with van der Waals surface area (Å²) in [5, 5.41) is 8.82. The molecule has 0 rings (SSSR count). The van der Waals surface area contributed by atoms with Crippen LogP contribution in [0, 0.1) is 17.2 Å². The molecule has 3 nitrogen and oxygen atoms in total. The van der Waals surface area contributed by atoms with Crippen molar-refractivity contribution in [1.82, 2.24) is 0 Å². The van der Waals surface area contributed by atoms with E-state index in [1.54, 1.807) is 7.11 Å². The maximum absolute atomic E-state index is 8.82. The minimum Gasteiger partial charge on any atom is -0.381 e. The molecule has 0 spiro atoms. The van der Waals surface area contributed by atoms with Gasteiger partial charge in [0.2, 0.25) is 0 Å². The molecule has 11 heavy (non-hydrogen) atoms. The zero-order valence-electron chi connectivity index (χ0n) is 7.55. The van der Waals surface area contributed by atoms with Crippen LogP contribution >= 0.6 is 0 Å². The lowest BCUT2D eigenvalue weighted by molar-refractivity contribution is -0.0529. The van der Waals surface area contributed by atoms with Gasteiger partial charge in [0.1, 0.15) is 6.07 Å². The van der Waals surface area contributed by atoms with Crippen LogP contribution in [0.15, 0.2) is 0 Å². The average Bonchev–Trinajstić information content (AvgIpc) is 2.00. The van der Waals surface area contributed by atoms with Gasteiger partial charge in [-0.15, -0.1) is 0 Å². The van der Waals surface area contributed by atoms with E-state index in [9.17, 15) is 0 Å². The van der Waals surface area contributed by atoms with E-state index in [1.165, 1.54) is 7.11 Å². The van der Waals surface area contributed by atoms with Crippen LogP contribution in [-0.2, 0) is 9.47 Å². The minimum atomic E-state index is -0.783. The van der Waals surface area contributed by atoms with Crippen molar-refractivity contribution in [3.63, 3.8) is 0 Å². The molecule has 0 aliphatic rings. The molecule has 0 aromatic rings. The van der Waals surface area contributed by atoms with E-state index in [-0.39, 0.29) is 5.92 Å². The zero-order valence-corrected chi connectivity index (χ0v) is 7.55. The van der Waals surface area contributed by atoms with Gasteiger partial charge in [0.05, 0.1) is 6.61 Å². The summed E-state index contributed by atoms with van der Waals surface area (Å²) in [5.41, 5.74) is -0.783. The van der Waals surface area contributed by atoms with E-state index in [2.05, 4.69) is 6.07 Å². The molecule has 0 aliphatic heterocycles. The minimum absolute atomic E-state index is 0.137. The van der Waals surface area contributed by atoms with Crippen molar-refractivity contribution >= 4 is 0 Å². The summed E-state index contributed by atoms with van der Waals surface area (Å²) in [5.74, 6) is 0.137. The van der Waals surface area contributed by atoms with Crippen LogP contribution in [0.4, 0.5) is 0 Å². The Balaban J connectivity index is 4.36. The fourth-order valence-electron chi connectivity index (χ4n) is 0.883. The van der Waals surface area contributed by atoms with E-state index in [4.69, 9.17) is 14.7 Å². The molecular weight excluding hydrogens is 142 g/mol. The lowest BCUT2D eigenvalue weighted by Gasteiger charge is -2.27. The normalized spacial score (nSPS) is 16.0. The molecule has 0 heterocycles. The van der Waals surface area contributed by atoms with E-state index >= 15 is 0 Å². The largest absolute Gasteiger partial charge is 0.381 e. The number of hydrogen-bond acceptors (Lipinski definition) is 3. The van der Waals surface area contributed by atoms with Crippen molar-refractivity contribution in [2.24, 2.45) is 5.92 Å². The SMILES string of the molecule is COCC(C#N)(OC)C(C)C. The summed E-state index contributed by atoms with van der Waals surface area (Å²) < 4.78 is 10.0. The zero-order chi connectivity index (χ0) is 8.91. The van der Waals surface area contributed by atoms with Crippen LogP contribution in [0.2, 0.25) is 0 Å². The third-order valence-corrected chi connectivity index (χ3v) is 1.84. The number of nitrogens with zero attached hydrogens (tertiary/aromatic N) is 1. The molecule has 3 heteroatoms. The summed E-state index contributed by atoms with van der Waals surface area (Å²) in [4.78, 5) is 0. The molecule has 0 aliphatic carbocycles. The van der Waals surface area contributed by atoms with Gasteiger partial charge in [0, 0.05) is 14.2 Å². The van der Waals surface area contributed by atoms with Crippen LogP contribution in [0.3, 0.4) is 0 Å². The van der Waals surface area contributed by atoms with Gasteiger partial charge >= 0.3 is 0 Å². The Bertz CT molecular complexity index is 151. The summed E-state index contributed by atoms with van der Waals surface area (Å²) in [6.45, 7) is 4.19. The Hall–Kier alpha value is -0.590. The van der Waals surface area contributed by atoms with Crippen molar-refractivity contribution < 1.29 is 9.47 Å². The number of methoxy groups -OCH3 is 2. The summed E-state index contributed by atoms with van der Waals surface area (Å²) in [7, 11) is 3.09. The first-order valence-electron chi connectivity index (χ1n) is 3.58. The Labute approximate surface area is 67.9 Å². The average molecular weight is 157 g/mol. The second kappa shape index (κ2) is 4.32. The molecule has 0 aromatic carbocycles. The van der Waals surface area contributed by atoms with Crippen molar-refractivity contribution in [2.75, 3.05) is 20.8 Å². The molecule has 0 N–H and O–H groups in total. The molecule has 64 valence electrons.